The normalized spacial score (nSPS) is 21.6. The van der Waals surface area contributed by atoms with Gasteiger partial charge in [-0.15, -0.1) is 0 Å². The van der Waals surface area contributed by atoms with E-state index in [2.05, 4.69) is 0 Å². The van der Waals surface area contributed by atoms with E-state index in [1.807, 2.05) is 142 Å². The lowest BCUT2D eigenvalue weighted by molar-refractivity contribution is -0.378. The van der Waals surface area contributed by atoms with Gasteiger partial charge in [-0.05, 0) is 55.2 Å². The van der Waals surface area contributed by atoms with Gasteiger partial charge in [-0.25, -0.2) is 4.79 Å². The fraction of sp³-hybridized carbons (Fsp3) is 0.311. The highest BCUT2D eigenvalue weighted by molar-refractivity contribution is 5.89. The van der Waals surface area contributed by atoms with Crippen LogP contribution in [0.5, 0.6) is 0 Å². The molecule has 276 valence electrons. The number of hydrogen-bond acceptors (Lipinski definition) is 8. The van der Waals surface area contributed by atoms with Gasteiger partial charge in [0.25, 0.3) is 0 Å². The Morgan fingerprint density at radius 3 is 1.51 bits per heavy atom. The zero-order chi connectivity index (χ0) is 37.1. The van der Waals surface area contributed by atoms with Crippen LogP contribution in [-0.2, 0) is 60.6 Å². The van der Waals surface area contributed by atoms with Crippen LogP contribution in [0.4, 0.5) is 0 Å². The molecule has 1 aliphatic heterocycles. The summed E-state index contributed by atoms with van der Waals surface area (Å²) in [6, 6.07) is 45.9. The summed E-state index contributed by atoms with van der Waals surface area (Å²) in [4.78, 5) is 12.9. The first-order valence-corrected chi connectivity index (χ1v) is 18.0. The molecule has 1 heterocycles. The number of rotatable bonds is 15. The first kappa shape index (κ1) is 38.1. The minimum absolute atomic E-state index is 0.0866. The van der Waals surface area contributed by atoms with Gasteiger partial charge >= 0.3 is 5.97 Å². The SMILES string of the molecule is CC(C)(C)OC(=O)c1ccc([C@]2(O)O[C@H](COCc3ccccc3)[C@@H](OCc3ccccc3)[C@H](OCc3ccccc3)[C@@H]2OCc2ccccc2)cc1. The Morgan fingerprint density at radius 1 is 0.604 bits per heavy atom. The van der Waals surface area contributed by atoms with Gasteiger partial charge in [0.2, 0.25) is 5.79 Å². The fourth-order valence-corrected chi connectivity index (χ4v) is 6.27. The Bertz CT molecular complexity index is 1830. The lowest BCUT2D eigenvalue weighted by Gasteiger charge is -2.50. The largest absolute Gasteiger partial charge is 0.456 e. The molecule has 0 spiro atoms. The third-order valence-electron chi connectivity index (χ3n) is 8.88. The molecule has 6 rings (SSSR count). The molecule has 5 atom stereocenters. The molecule has 0 unspecified atom stereocenters. The molecule has 5 aromatic carbocycles. The van der Waals surface area contributed by atoms with E-state index in [4.69, 9.17) is 28.4 Å². The van der Waals surface area contributed by atoms with Gasteiger partial charge in [0.1, 0.15) is 30.0 Å². The van der Waals surface area contributed by atoms with Crippen LogP contribution >= 0.6 is 0 Å². The van der Waals surface area contributed by atoms with E-state index in [0.29, 0.717) is 17.7 Å². The highest BCUT2D eigenvalue weighted by Crippen LogP contribution is 2.42. The molecule has 1 N–H and O–H groups in total. The highest BCUT2D eigenvalue weighted by Gasteiger charge is 2.57. The molecule has 0 aromatic heterocycles. The minimum atomic E-state index is -2.05. The highest BCUT2D eigenvalue weighted by atomic mass is 16.7. The lowest BCUT2D eigenvalue weighted by atomic mass is 9.87. The number of ether oxygens (including phenoxy) is 6. The lowest BCUT2D eigenvalue weighted by Crippen LogP contribution is -2.65. The quantitative estimate of drug-likeness (QED) is 0.109. The van der Waals surface area contributed by atoms with E-state index in [9.17, 15) is 9.90 Å². The Balaban J connectivity index is 1.39. The maximum absolute atomic E-state index is 12.9. The van der Waals surface area contributed by atoms with Gasteiger partial charge in [0.15, 0.2) is 0 Å². The monoisotopic (exact) mass is 716 g/mol. The second-order valence-corrected chi connectivity index (χ2v) is 14.2. The molecule has 0 saturated carbocycles. The van der Waals surface area contributed by atoms with Crippen molar-refractivity contribution in [2.45, 2.75) is 83.0 Å². The van der Waals surface area contributed by atoms with Crippen molar-refractivity contribution in [1.29, 1.82) is 0 Å². The average molecular weight is 717 g/mol. The van der Waals surface area contributed by atoms with E-state index >= 15 is 0 Å². The van der Waals surface area contributed by atoms with Gasteiger partial charge in [0, 0.05) is 5.56 Å². The number of aliphatic hydroxyl groups is 1. The van der Waals surface area contributed by atoms with Crippen molar-refractivity contribution in [1.82, 2.24) is 0 Å². The first-order valence-electron chi connectivity index (χ1n) is 18.0. The van der Waals surface area contributed by atoms with E-state index in [0.717, 1.165) is 22.3 Å². The van der Waals surface area contributed by atoms with Gasteiger partial charge in [0.05, 0.1) is 38.6 Å². The molecule has 5 aromatic rings. The molecular weight excluding hydrogens is 668 g/mol. The Hall–Kier alpha value is -4.67. The predicted molar refractivity (Wildman–Crippen MR) is 202 cm³/mol. The van der Waals surface area contributed by atoms with E-state index < -0.39 is 41.8 Å². The standard InChI is InChI=1S/C45H48O8/c1-44(2,3)53-43(46)37-24-26-38(27-25-37)45(47)42(51-31-36-22-14-7-15-23-36)41(50-30-35-20-12-6-13-21-35)40(49-29-34-18-10-5-11-19-34)39(52-45)32-48-28-33-16-8-4-9-17-33/h4-27,39-42,47H,28-32H2,1-3H3/t39-,40-,41+,42+,45+/m1/s1. The van der Waals surface area contributed by atoms with Gasteiger partial charge in [-0.3, -0.25) is 0 Å². The second kappa shape index (κ2) is 17.9. The molecule has 0 radical (unpaired) electrons. The van der Waals surface area contributed by atoms with Crippen molar-refractivity contribution >= 4 is 5.97 Å². The van der Waals surface area contributed by atoms with Crippen molar-refractivity contribution in [3.63, 3.8) is 0 Å². The van der Waals surface area contributed by atoms with Crippen molar-refractivity contribution in [3.05, 3.63) is 179 Å². The third kappa shape index (κ3) is 10.5. The molecule has 0 bridgehead atoms. The maximum Gasteiger partial charge on any atom is 0.338 e. The molecular formula is C45H48O8. The van der Waals surface area contributed by atoms with Crippen LogP contribution in [0.3, 0.4) is 0 Å². The molecule has 1 aliphatic rings. The third-order valence-corrected chi connectivity index (χ3v) is 8.88. The summed E-state index contributed by atoms with van der Waals surface area (Å²) in [5.41, 5.74) is 3.88. The summed E-state index contributed by atoms with van der Waals surface area (Å²) in [5, 5.41) is 12.9. The summed E-state index contributed by atoms with van der Waals surface area (Å²) >= 11 is 0. The molecule has 1 saturated heterocycles. The molecule has 0 amide bonds. The Labute approximate surface area is 312 Å². The van der Waals surface area contributed by atoms with Crippen LogP contribution < -0.4 is 0 Å². The van der Waals surface area contributed by atoms with Crippen LogP contribution in [0.15, 0.2) is 146 Å². The van der Waals surface area contributed by atoms with Crippen molar-refractivity contribution in [3.8, 4) is 0 Å². The van der Waals surface area contributed by atoms with E-state index in [1.165, 1.54) is 0 Å². The number of carbonyl (C=O) groups is 1. The molecule has 8 nitrogen and oxygen atoms in total. The van der Waals surface area contributed by atoms with E-state index in [1.54, 1.807) is 24.3 Å². The number of esters is 1. The first-order chi connectivity index (χ1) is 25.7. The molecule has 0 aliphatic carbocycles. The van der Waals surface area contributed by atoms with Crippen molar-refractivity contribution < 1.29 is 38.3 Å². The summed E-state index contributed by atoms with van der Waals surface area (Å²) < 4.78 is 38.8. The summed E-state index contributed by atoms with van der Waals surface area (Å²) in [5.74, 6) is -2.51. The van der Waals surface area contributed by atoms with Crippen LogP contribution in [0.1, 0.15) is 58.9 Å². The Morgan fingerprint density at radius 2 is 1.04 bits per heavy atom. The predicted octanol–water partition coefficient (Wildman–Crippen LogP) is 8.16. The molecule has 1 fully saturated rings. The van der Waals surface area contributed by atoms with Crippen LogP contribution in [0, 0.1) is 0 Å². The molecule has 8 heteroatoms. The fourth-order valence-electron chi connectivity index (χ4n) is 6.27. The average Bonchev–Trinajstić information content (AvgIpc) is 3.17. The van der Waals surface area contributed by atoms with Gasteiger partial charge < -0.3 is 33.5 Å². The smallest absolute Gasteiger partial charge is 0.338 e. The zero-order valence-electron chi connectivity index (χ0n) is 30.5. The maximum atomic E-state index is 12.9. The molecule has 53 heavy (non-hydrogen) atoms. The summed E-state index contributed by atoms with van der Waals surface area (Å²) in [6.07, 6.45) is -3.44. The van der Waals surface area contributed by atoms with E-state index in [-0.39, 0.29) is 26.4 Å². The number of hydrogen-bond donors (Lipinski definition) is 1. The van der Waals surface area contributed by atoms with Crippen LogP contribution in [0.25, 0.3) is 0 Å². The number of carbonyl (C=O) groups excluding carboxylic acids is 1. The second-order valence-electron chi connectivity index (χ2n) is 14.2. The van der Waals surface area contributed by atoms with Crippen LogP contribution in [0.2, 0.25) is 0 Å². The zero-order valence-corrected chi connectivity index (χ0v) is 30.5. The van der Waals surface area contributed by atoms with Gasteiger partial charge in [-0.2, -0.15) is 0 Å². The van der Waals surface area contributed by atoms with Crippen molar-refractivity contribution in [2.24, 2.45) is 0 Å². The van der Waals surface area contributed by atoms with Crippen molar-refractivity contribution in [2.75, 3.05) is 6.61 Å². The summed E-state index contributed by atoms with van der Waals surface area (Å²) in [6.45, 7) is 6.53. The topological polar surface area (TPSA) is 92.7 Å². The summed E-state index contributed by atoms with van der Waals surface area (Å²) in [7, 11) is 0. The van der Waals surface area contributed by atoms with Gasteiger partial charge in [-0.1, -0.05) is 133 Å². The number of benzene rings is 5. The Kier molecular flexibility index (Phi) is 12.9. The van der Waals surface area contributed by atoms with Crippen LogP contribution in [-0.4, -0.2) is 47.7 Å². The minimum Gasteiger partial charge on any atom is -0.456 e.